The quantitative estimate of drug-likeness (QED) is 0.649. The normalized spacial score (nSPS) is 10.1. The van der Waals surface area contributed by atoms with Crippen LogP contribution in [-0.4, -0.2) is 25.9 Å². The Labute approximate surface area is 79.0 Å². The Morgan fingerprint density at radius 2 is 2.00 bits per heavy atom. The van der Waals surface area contributed by atoms with Gasteiger partial charge in [-0.05, 0) is 6.07 Å². The van der Waals surface area contributed by atoms with Crippen LogP contribution in [0, 0.1) is 0 Å². The smallest absolute Gasteiger partial charge is 0.294 e. The molecule has 2 rings (SSSR count). The zero-order valence-corrected chi connectivity index (χ0v) is 7.34. The molecule has 0 aromatic carbocycles. The largest absolute Gasteiger partial charge is 0.330 e. The Balaban J connectivity index is 2.39. The number of ketones is 1. The van der Waals surface area contributed by atoms with Crippen LogP contribution < -0.4 is 0 Å². The lowest BCUT2D eigenvalue weighted by Crippen LogP contribution is -1.92. The Kier molecular flexibility index (Phi) is 2.02. The fourth-order valence-corrected chi connectivity index (χ4v) is 0.872. The van der Waals surface area contributed by atoms with Crippen molar-refractivity contribution >= 4 is 5.78 Å². The molecule has 0 aliphatic rings. The van der Waals surface area contributed by atoms with E-state index in [-0.39, 0.29) is 17.5 Å². The molecule has 0 atom stereocenters. The summed E-state index contributed by atoms with van der Waals surface area (Å²) in [6.45, 7) is 1.35. The highest BCUT2D eigenvalue weighted by molar-refractivity contribution is 5.89. The third-order valence-corrected chi connectivity index (χ3v) is 1.49. The number of carbonyl (C=O) groups excluding carboxylic acids is 1. The highest BCUT2D eigenvalue weighted by Gasteiger charge is 2.12. The van der Waals surface area contributed by atoms with Crippen LogP contribution in [0.25, 0.3) is 11.6 Å². The molecule has 0 saturated carbocycles. The van der Waals surface area contributed by atoms with E-state index in [0.29, 0.717) is 5.82 Å². The highest BCUT2D eigenvalue weighted by Crippen LogP contribution is 2.08. The van der Waals surface area contributed by atoms with E-state index in [4.69, 9.17) is 0 Å². The average molecular weight is 190 g/mol. The maximum Gasteiger partial charge on any atom is 0.294 e. The van der Waals surface area contributed by atoms with Crippen LogP contribution in [0.15, 0.2) is 23.0 Å². The molecule has 0 bridgehead atoms. The molecular weight excluding hydrogens is 184 g/mol. The van der Waals surface area contributed by atoms with Gasteiger partial charge in [-0.3, -0.25) is 4.79 Å². The summed E-state index contributed by atoms with van der Waals surface area (Å²) in [4.78, 5) is 22.5. The summed E-state index contributed by atoms with van der Waals surface area (Å²) in [5.74, 6) is 0.242. The van der Waals surface area contributed by atoms with Crippen LogP contribution in [0.3, 0.4) is 0 Å². The van der Waals surface area contributed by atoms with E-state index >= 15 is 0 Å². The Morgan fingerprint density at radius 1 is 1.29 bits per heavy atom. The van der Waals surface area contributed by atoms with E-state index in [0.717, 1.165) is 0 Å². The van der Waals surface area contributed by atoms with Gasteiger partial charge in [-0.2, -0.15) is 4.98 Å². The first-order valence-electron chi connectivity index (χ1n) is 3.89. The van der Waals surface area contributed by atoms with Gasteiger partial charge in [-0.25, -0.2) is 9.97 Å². The lowest BCUT2D eigenvalue weighted by molar-refractivity contribution is 0.0972. The lowest BCUT2D eigenvalue weighted by atomic mass is 10.4. The van der Waals surface area contributed by atoms with E-state index in [1.807, 2.05) is 0 Å². The van der Waals surface area contributed by atoms with E-state index in [9.17, 15) is 4.79 Å². The molecule has 0 fully saturated rings. The van der Waals surface area contributed by atoms with E-state index in [1.54, 1.807) is 18.5 Å². The van der Waals surface area contributed by atoms with Gasteiger partial charge in [0, 0.05) is 19.3 Å². The number of Topliss-reactive ketones (excluding diaryl/α,β-unsaturated/α-hetero) is 1. The minimum Gasteiger partial charge on any atom is -0.330 e. The Bertz CT molecular complexity index is 451. The Morgan fingerprint density at radius 3 is 2.57 bits per heavy atom. The van der Waals surface area contributed by atoms with Crippen molar-refractivity contribution in [2.75, 3.05) is 0 Å². The van der Waals surface area contributed by atoms with Gasteiger partial charge in [-0.1, -0.05) is 5.16 Å². The van der Waals surface area contributed by atoms with Crippen LogP contribution in [0.4, 0.5) is 0 Å². The van der Waals surface area contributed by atoms with Gasteiger partial charge in [0.15, 0.2) is 0 Å². The van der Waals surface area contributed by atoms with Gasteiger partial charge < -0.3 is 4.52 Å². The molecule has 0 amide bonds. The predicted octanol–water partition coefficient (Wildman–Crippen LogP) is 0.729. The molecule has 2 aromatic heterocycles. The van der Waals surface area contributed by atoms with E-state index < -0.39 is 0 Å². The van der Waals surface area contributed by atoms with Gasteiger partial charge in [0.1, 0.15) is 0 Å². The molecule has 70 valence electrons. The molecule has 14 heavy (non-hydrogen) atoms. The summed E-state index contributed by atoms with van der Waals surface area (Å²) < 4.78 is 4.69. The monoisotopic (exact) mass is 190 g/mol. The maximum atomic E-state index is 10.9. The summed E-state index contributed by atoms with van der Waals surface area (Å²) in [6.07, 6.45) is 3.12. The van der Waals surface area contributed by atoms with Crippen molar-refractivity contribution in [3.63, 3.8) is 0 Å². The van der Waals surface area contributed by atoms with E-state index in [2.05, 4.69) is 24.6 Å². The van der Waals surface area contributed by atoms with Gasteiger partial charge in [-0.15, -0.1) is 0 Å². The molecular formula is C8H6N4O2. The highest BCUT2D eigenvalue weighted by atomic mass is 16.5. The molecule has 6 heteroatoms. The molecule has 0 spiro atoms. The van der Waals surface area contributed by atoms with Crippen molar-refractivity contribution in [3.8, 4) is 11.6 Å². The number of aromatic nitrogens is 4. The molecule has 0 saturated heterocycles. The minimum absolute atomic E-state index is 0.0348. The fourth-order valence-electron chi connectivity index (χ4n) is 0.872. The van der Waals surface area contributed by atoms with Crippen LogP contribution in [0.1, 0.15) is 17.6 Å². The number of carbonyl (C=O) groups is 1. The third-order valence-electron chi connectivity index (χ3n) is 1.49. The molecule has 0 N–H and O–H groups in total. The zero-order chi connectivity index (χ0) is 9.97. The van der Waals surface area contributed by atoms with Crippen molar-refractivity contribution in [3.05, 3.63) is 24.4 Å². The zero-order valence-electron chi connectivity index (χ0n) is 7.34. The molecule has 6 nitrogen and oxygen atoms in total. The van der Waals surface area contributed by atoms with Crippen molar-refractivity contribution < 1.29 is 9.32 Å². The Hall–Kier alpha value is -2.11. The van der Waals surface area contributed by atoms with Gasteiger partial charge in [0.05, 0.1) is 0 Å². The molecule has 0 aliphatic carbocycles. The number of nitrogens with zero attached hydrogens (tertiary/aromatic N) is 4. The summed E-state index contributed by atoms with van der Waals surface area (Å²) in [5, 5.41) is 3.58. The van der Waals surface area contributed by atoms with Crippen LogP contribution in [0.2, 0.25) is 0 Å². The summed E-state index contributed by atoms with van der Waals surface area (Å²) >= 11 is 0. The van der Waals surface area contributed by atoms with Gasteiger partial charge >= 0.3 is 0 Å². The van der Waals surface area contributed by atoms with E-state index in [1.165, 1.54) is 6.92 Å². The average Bonchev–Trinajstić information content (AvgIpc) is 2.68. The molecule has 2 aromatic rings. The second kappa shape index (κ2) is 3.33. The molecule has 0 unspecified atom stereocenters. The van der Waals surface area contributed by atoms with Crippen molar-refractivity contribution in [1.82, 2.24) is 20.1 Å². The topological polar surface area (TPSA) is 81.8 Å². The van der Waals surface area contributed by atoms with Crippen LogP contribution in [-0.2, 0) is 0 Å². The fraction of sp³-hybridized carbons (Fsp3) is 0.125. The van der Waals surface area contributed by atoms with Gasteiger partial charge in [0.25, 0.3) is 5.89 Å². The molecule has 0 aliphatic heterocycles. The SMILES string of the molecule is CC(=O)c1nc(-c2ncccn2)no1. The number of rotatable bonds is 2. The summed E-state index contributed by atoms with van der Waals surface area (Å²) in [7, 11) is 0. The van der Waals surface area contributed by atoms with Crippen molar-refractivity contribution in [2.45, 2.75) is 6.92 Å². The second-order valence-corrected chi connectivity index (χ2v) is 2.55. The number of hydrogen-bond donors (Lipinski definition) is 0. The standard InChI is InChI=1S/C8H6N4O2/c1-5(13)8-11-7(12-14-8)6-9-3-2-4-10-6/h2-4H,1H3. The maximum absolute atomic E-state index is 10.9. The summed E-state index contributed by atoms with van der Waals surface area (Å²) in [5.41, 5.74) is 0. The predicted molar refractivity (Wildman–Crippen MR) is 45.3 cm³/mol. The van der Waals surface area contributed by atoms with Crippen molar-refractivity contribution in [1.29, 1.82) is 0 Å². The second-order valence-electron chi connectivity index (χ2n) is 2.55. The first-order valence-corrected chi connectivity index (χ1v) is 3.89. The third kappa shape index (κ3) is 1.49. The molecule has 0 radical (unpaired) electrons. The summed E-state index contributed by atoms with van der Waals surface area (Å²) in [6, 6.07) is 1.68. The lowest BCUT2D eigenvalue weighted by Gasteiger charge is -1.87. The molecule has 2 heterocycles. The first kappa shape index (κ1) is 8.49. The van der Waals surface area contributed by atoms with Crippen LogP contribution >= 0.6 is 0 Å². The first-order chi connectivity index (χ1) is 6.77. The minimum atomic E-state index is -0.278. The van der Waals surface area contributed by atoms with Crippen molar-refractivity contribution in [2.24, 2.45) is 0 Å². The van der Waals surface area contributed by atoms with Crippen LogP contribution in [0.5, 0.6) is 0 Å². The van der Waals surface area contributed by atoms with Gasteiger partial charge in [0.2, 0.25) is 17.4 Å². The number of hydrogen-bond acceptors (Lipinski definition) is 6.